The molecular weight excluding hydrogens is 186 g/mol. The SMILES string of the molecule is O=C(O)C(=O)N1CCC[C@H]2COC[C@H]21. The summed E-state index contributed by atoms with van der Waals surface area (Å²) in [5, 5.41) is 8.62. The maximum absolute atomic E-state index is 11.3. The zero-order valence-corrected chi connectivity index (χ0v) is 7.81. The van der Waals surface area contributed by atoms with Crippen molar-refractivity contribution in [3.8, 4) is 0 Å². The van der Waals surface area contributed by atoms with Gasteiger partial charge in [-0.2, -0.15) is 0 Å². The molecule has 1 amide bonds. The molecule has 0 aromatic rings. The highest BCUT2D eigenvalue weighted by Gasteiger charge is 2.39. The largest absolute Gasteiger partial charge is 0.474 e. The zero-order chi connectivity index (χ0) is 10.1. The van der Waals surface area contributed by atoms with Gasteiger partial charge in [-0.1, -0.05) is 0 Å². The first-order valence-corrected chi connectivity index (χ1v) is 4.82. The van der Waals surface area contributed by atoms with E-state index in [0.29, 0.717) is 25.7 Å². The lowest BCUT2D eigenvalue weighted by atomic mass is 9.92. The van der Waals surface area contributed by atoms with Gasteiger partial charge in [-0.25, -0.2) is 4.79 Å². The Kier molecular flexibility index (Phi) is 2.41. The van der Waals surface area contributed by atoms with Crippen LogP contribution < -0.4 is 0 Å². The highest BCUT2D eigenvalue weighted by Crippen LogP contribution is 2.28. The number of hydrogen-bond donors (Lipinski definition) is 1. The summed E-state index contributed by atoms with van der Waals surface area (Å²) in [6, 6.07) is -0.00708. The summed E-state index contributed by atoms with van der Waals surface area (Å²) in [5.41, 5.74) is 0. The van der Waals surface area contributed by atoms with Crippen LogP contribution in [0.4, 0.5) is 0 Å². The second-order valence-corrected chi connectivity index (χ2v) is 3.81. The van der Waals surface area contributed by atoms with E-state index >= 15 is 0 Å². The Morgan fingerprint density at radius 1 is 1.36 bits per heavy atom. The Hall–Kier alpha value is -1.10. The van der Waals surface area contributed by atoms with Gasteiger partial charge in [0.25, 0.3) is 0 Å². The lowest BCUT2D eigenvalue weighted by Crippen LogP contribution is -2.50. The first kappa shape index (κ1) is 9.45. The van der Waals surface area contributed by atoms with Gasteiger partial charge < -0.3 is 14.7 Å². The molecule has 2 fully saturated rings. The molecule has 2 atom stereocenters. The minimum absolute atomic E-state index is 0.00708. The lowest BCUT2D eigenvalue weighted by Gasteiger charge is -2.35. The van der Waals surface area contributed by atoms with Crippen molar-refractivity contribution in [2.24, 2.45) is 5.92 Å². The van der Waals surface area contributed by atoms with Crippen molar-refractivity contribution in [2.75, 3.05) is 19.8 Å². The number of hydrogen-bond acceptors (Lipinski definition) is 3. The van der Waals surface area contributed by atoms with Crippen LogP contribution in [0.15, 0.2) is 0 Å². The summed E-state index contributed by atoms with van der Waals surface area (Å²) >= 11 is 0. The molecule has 0 aliphatic carbocycles. The molecule has 5 nitrogen and oxygen atoms in total. The Morgan fingerprint density at radius 3 is 2.86 bits per heavy atom. The molecule has 0 aromatic carbocycles. The van der Waals surface area contributed by atoms with Gasteiger partial charge in [0.05, 0.1) is 19.3 Å². The van der Waals surface area contributed by atoms with Crippen molar-refractivity contribution >= 4 is 11.9 Å². The highest BCUT2D eigenvalue weighted by atomic mass is 16.5. The second-order valence-electron chi connectivity index (χ2n) is 3.81. The maximum atomic E-state index is 11.3. The number of rotatable bonds is 0. The van der Waals surface area contributed by atoms with E-state index in [1.165, 1.54) is 4.90 Å². The van der Waals surface area contributed by atoms with E-state index in [1.54, 1.807) is 0 Å². The molecule has 0 radical (unpaired) electrons. The molecule has 0 spiro atoms. The van der Waals surface area contributed by atoms with E-state index in [1.807, 2.05) is 0 Å². The van der Waals surface area contributed by atoms with Crippen molar-refractivity contribution in [1.29, 1.82) is 0 Å². The first-order chi connectivity index (χ1) is 6.70. The number of likely N-dealkylation sites (tertiary alicyclic amines) is 1. The Balaban J connectivity index is 2.10. The van der Waals surface area contributed by atoms with Gasteiger partial charge in [-0.05, 0) is 12.8 Å². The summed E-state index contributed by atoms with van der Waals surface area (Å²) in [6.07, 6.45) is 1.91. The minimum atomic E-state index is -1.36. The number of amides is 1. The minimum Gasteiger partial charge on any atom is -0.474 e. The number of fused-ring (bicyclic) bond motifs is 1. The van der Waals surface area contributed by atoms with Crippen LogP contribution >= 0.6 is 0 Å². The van der Waals surface area contributed by atoms with Crippen LogP contribution in [0, 0.1) is 5.92 Å². The highest BCUT2D eigenvalue weighted by molar-refractivity contribution is 6.31. The number of carboxylic acids is 1. The molecule has 5 heteroatoms. The quantitative estimate of drug-likeness (QED) is 0.544. The third-order valence-corrected chi connectivity index (χ3v) is 2.98. The third-order valence-electron chi connectivity index (χ3n) is 2.98. The van der Waals surface area contributed by atoms with Gasteiger partial charge >= 0.3 is 11.9 Å². The average molecular weight is 199 g/mol. The van der Waals surface area contributed by atoms with E-state index in [-0.39, 0.29) is 6.04 Å². The van der Waals surface area contributed by atoms with Gasteiger partial charge in [-0.3, -0.25) is 4.79 Å². The van der Waals surface area contributed by atoms with Crippen molar-refractivity contribution in [3.05, 3.63) is 0 Å². The molecular formula is C9H13NO4. The van der Waals surface area contributed by atoms with Crippen LogP contribution in [-0.4, -0.2) is 47.7 Å². The van der Waals surface area contributed by atoms with E-state index in [4.69, 9.17) is 9.84 Å². The van der Waals surface area contributed by atoms with Crippen LogP contribution in [-0.2, 0) is 14.3 Å². The fourth-order valence-electron chi connectivity index (χ4n) is 2.27. The number of carboxylic acid groups (broad SMARTS) is 1. The number of carbonyl (C=O) groups excluding carboxylic acids is 1. The molecule has 2 rings (SSSR count). The molecule has 2 aliphatic rings. The molecule has 0 bridgehead atoms. The molecule has 14 heavy (non-hydrogen) atoms. The van der Waals surface area contributed by atoms with Crippen molar-refractivity contribution < 1.29 is 19.4 Å². The molecule has 2 heterocycles. The van der Waals surface area contributed by atoms with Crippen LogP contribution in [0.1, 0.15) is 12.8 Å². The topological polar surface area (TPSA) is 66.8 Å². The predicted molar refractivity (Wildman–Crippen MR) is 46.7 cm³/mol. The standard InChI is InChI=1S/C9H13NO4/c11-8(9(12)13)10-3-1-2-6-4-14-5-7(6)10/h6-7H,1-5H2,(H,12,13)/t6-,7+/m0/s1. The number of ether oxygens (including phenoxy) is 1. The molecule has 1 N–H and O–H groups in total. The van der Waals surface area contributed by atoms with Crippen LogP contribution in [0.5, 0.6) is 0 Å². The van der Waals surface area contributed by atoms with E-state index in [0.717, 1.165) is 12.8 Å². The van der Waals surface area contributed by atoms with Crippen LogP contribution in [0.25, 0.3) is 0 Å². The van der Waals surface area contributed by atoms with Gasteiger partial charge in [0, 0.05) is 12.5 Å². The maximum Gasteiger partial charge on any atom is 0.394 e. The molecule has 0 unspecified atom stereocenters. The summed E-state index contributed by atoms with van der Waals surface area (Å²) in [4.78, 5) is 23.3. The predicted octanol–water partition coefficient (Wildman–Crippen LogP) is -0.292. The van der Waals surface area contributed by atoms with Gasteiger partial charge in [-0.15, -0.1) is 0 Å². The molecule has 2 saturated heterocycles. The number of carbonyl (C=O) groups is 2. The molecule has 78 valence electrons. The fourth-order valence-corrected chi connectivity index (χ4v) is 2.27. The summed E-state index contributed by atoms with van der Waals surface area (Å²) < 4.78 is 5.26. The first-order valence-electron chi connectivity index (χ1n) is 4.82. The Bertz CT molecular complexity index is 266. The molecule has 0 aromatic heterocycles. The summed E-state index contributed by atoms with van der Waals surface area (Å²) in [7, 11) is 0. The van der Waals surface area contributed by atoms with Crippen molar-refractivity contribution in [3.63, 3.8) is 0 Å². The van der Waals surface area contributed by atoms with Crippen LogP contribution in [0.2, 0.25) is 0 Å². The Labute approximate surface area is 81.6 Å². The van der Waals surface area contributed by atoms with Crippen molar-refractivity contribution in [2.45, 2.75) is 18.9 Å². The lowest BCUT2D eigenvalue weighted by molar-refractivity contribution is -0.158. The van der Waals surface area contributed by atoms with E-state index in [2.05, 4.69) is 0 Å². The third kappa shape index (κ3) is 1.48. The van der Waals surface area contributed by atoms with Gasteiger partial charge in [0.1, 0.15) is 0 Å². The van der Waals surface area contributed by atoms with E-state index < -0.39 is 11.9 Å². The summed E-state index contributed by atoms with van der Waals surface area (Å²) in [5.74, 6) is -1.81. The summed E-state index contributed by atoms with van der Waals surface area (Å²) in [6.45, 7) is 1.70. The molecule has 2 aliphatic heterocycles. The monoisotopic (exact) mass is 199 g/mol. The smallest absolute Gasteiger partial charge is 0.394 e. The number of piperidine rings is 1. The fraction of sp³-hybridized carbons (Fsp3) is 0.778. The number of nitrogens with zero attached hydrogens (tertiary/aromatic N) is 1. The zero-order valence-electron chi connectivity index (χ0n) is 7.81. The van der Waals surface area contributed by atoms with Gasteiger partial charge in [0.2, 0.25) is 0 Å². The molecule has 0 saturated carbocycles. The normalized spacial score (nSPS) is 31.3. The second kappa shape index (κ2) is 3.57. The van der Waals surface area contributed by atoms with Crippen molar-refractivity contribution in [1.82, 2.24) is 4.90 Å². The Morgan fingerprint density at radius 2 is 2.14 bits per heavy atom. The average Bonchev–Trinajstić information content (AvgIpc) is 2.63. The van der Waals surface area contributed by atoms with Crippen LogP contribution in [0.3, 0.4) is 0 Å². The number of aliphatic carboxylic acids is 1. The van der Waals surface area contributed by atoms with Gasteiger partial charge in [0.15, 0.2) is 0 Å². The van der Waals surface area contributed by atoms with E-state index in [9.17, 15) is 9.59 Å².